The molecule has 0 aliphatic carbocycles. The minimum Gasteiger partial charge on any atom is -0.339 e. The minimum absolute atomic E-state index is 0.210. The monoisotopic (exact) mass is 286 g/mol. The Morgan fingerprint density at radius 2 is 1.71 bits per heavy atom. The van der Waals surface area contributed by atoms with Gasteiger partial charge in [0.15, 0.2) is 0 Å². The first-order valence-corrected chi connectivity index (χ1v) is 8.17. The van der Waals surface area contributed by atoms with E-state index in [9.17, 15) is 4.79 Å². The fourth-order valence-electron chi connectivity index (χ4n) is 3.70. The molecule has 0 radical (unpaired) electrons. The van der Waals surface area contributed by atoms with Crippen molar-refractivity contribution >= 4 is 5.91 Å². The van der Waals surface area contributed by atoms with E-state index in [0.29, 0.717) is 5.41 Å². The number of carbonyl (C=O) groups excluding carboxylic acids is 1. The third-order valence-corrected chi connectivity index (χ3v) is 5.53. The Balaban J connectivity index is 1.65. The van der Waals surface area contributed by atoms with Gasteiger partial charge in [-0.25, -0.2) is 0 Å². The van der Waals surface area contributed by atoms with E-state index in [1.807, 2.05) is 12.1 Å². The van der Waals surface area contributed by atoms with Crippen LogP contribution in [0.15, 0.2) is 18.2 Å². The Morgan fingerprint density at radius 1 is 1.05 bits per heavy atom. The largest absolute Gasteiger partial charge is 0.339 e. The Bertz CT molecular complexity index is 522. The third kappa shape index (κ3) is 2.98. The highest BCUT2D eigenvalue weighted by Gasteiger charge is 2.36. The highest BCUT2D eigenvalue weighted by molar-refractivity contribution is 5.94. The summed E-state index contributed by atoms with van der Waals surface area (Å²) in [6.45, 7) is 8.30. The summed E-state index contributed by atoms with van der Waals surface area (Å²) >= 11 is 0. The molecule has 2 saturated heterocycles. The molecular formula is C18H26N2O. The van der Waals surface area contributed by atoms with Crippen molar-refractivity contribution in [2.75, 3.05) is 26.2 Å². The van der Waals surface area contributed by atoms with Crippen molar-refractivity contribution in [3.63, 3.8) is 0 Å². The Morgan fingerprint density at radius 3 is 2.33 bits per heavy atom. The summed E-state index contributed by atoms with van der Waals surface area (Å²) in [5.74, 6) is 0.210. The number of benzene rings is 1. The number of likely N-dealkylation sites (tertiary alicyclic amines) is 1. The molecule has 2 heterocycles. The average molecular weight is 286 g/mol. The quantitative estimate of drug-likeness (QED) is 0.861. The molecule has 0 unspecified atom stereocenters. The van der Waals surface area contributed by atoms with Crippen LogP contribution in [0.25, 0.3) is 0 Å². The fraction of sp³-hybridized carbons (Fsp3) is 0.611. The predicted molar refractivity (Wildman–Crippen MR) is 85.6 cm³/mol. The maximum absolute atomic E-state index is 12.6. The van der Waals surface area contributed by atoms with Crippen molar-refractivity contribution in [3.05, 3.63) is 34.9 Å². The van der Waals surface area contributed by atoms with Crippen LogP contribution in [-0.4, -0.2) is 37.0 Å². The number of hydrogen-bond donors (Lipinski definition) is 1. The molecule has 3 nitrogen and oxygen atoms in total. The third-order valence-electron chi connectivity index (χ3n) is 5.53. The van der Waals surface area contributed by atoms with Crippen LogP contribution in [0.1, 0.15) is 47.2 Å². The molecule has 1 aromatic carbocycles. The summed E-state index contributed by atoms with van der Waals surface area (Å²) in [5.41, 5.74) is 3.80. The van der Waals surface area contributed by atoms with Crippen molar-refractivity contribution in [3.8, 4) is 0 Å². The summed E-state index contributed by atoms with van der Waals surface area (Å²) in [6.07, 6.45) is 4.90. The van der Waals surface area contributed by atoms with Crippen LogP contribution in [0.5, 0.6) is 0 Å². The normalized spacial score (nSPS) is 21.5. The zero-order valence-corrected chi connectivity index (χ0v) is 13.2. The van der Waals surface area contributed by atoms with E-state index < -0.39 is 0 Å². The molecule has 2 aliphatic heterocycles. The van der Waals surface area contributed by atoms with Gasteiger partial charge in [-0.15, -0.1) is 0 Å². The minimum atomic E-state index is 0.210. The number of piperidine rings is 2. The van der Waals surface area contributed by atoms with Crippen LogP contribution in [0.4, 0.5) is 0 Å². The zero-order valence-electron chi connectivity index (χ0n) is 13.2. The number of aryl methyl sites for hydroxylation is 2. The molecule has 2 fully saturated rings. The lowest BCUT2D eigenvalue weighted by Gasteiger charge is -2.44. The van der Waals surface area contributed by atoms with E-state index in [2.05, 4.69) is 30.1 Å². The van der Waals surface area contributed by atoms with Gasteiger partial charge < -0.3 is 10.2 Å². The topological polar surface area (TPSA) is 32.3 Å². The molecule has 0 atom stereocenters. The van der Waals surface area contributed by atoms with Gasteiger partial charge >= 0.3 is 0 Å². The number of nitrogens with one attached hydrogen (secondary N) is 1. The summed E-state index contributed by atoms with van der Waals surface area (Å²) in [5, 5.41) is 3.45. The van der Waals surface area contributed by atoms with Gasteiger partial charge in [0, 0.05) is 18.7 Å². The van der Waals surface area contributed by atoms with Gasteiger partial charge in [-0.2, -0.15) is 0 Å². The van der Waals surface area contributed by atoms with Crippen LogP contribution in [0, 0.1) is 19.3 Å². The lowest BCUT2D eigenvalue weighted by Crippen LogP contribution is -2.47. The van der Waals surface area contributed by atoms with E-state index in [0.717, 1.165) is 31.7 Å². The second kappa shape index (κ2) is 5.80. The molecule has 2 aliphatic rings. The standard InChI is InChI=1S/C18H26N2O/c1-14-3-4-16(13-15(14)2)17(21)20-11-7-18(8-12-20)5-9-19-10-6-18/h3-4,13,19H,5-12H2,1-2H3. The number of amides is 1. The maximum Gasteiger partial charge on any atom is 0.253 e. The summed E-state index contributed by atoms with van der Waals surface area (Å²) in [7, 11) is 0. The number of nitrogens with zero attached hydrogens (tertiary/aromatic N) is 1. The molecule has 0 aromatic heterocycles. The van der Waals surface area contributed by atoms with Crippen LogP contribution < -0.4 is 5.32 Å². The van der Waals surface area contributed by atoms with Gasteiger partial charge in [-0.1, -0.05) is 6.07 Å². The highest BCUT2D eigenvalue weighted by atomic mass is 16.2. The van der Waals surface area contributed by atoms with E-state index >= 15 is 0 Å². The molecule has 114 valence electrons. The molecular weight excluding hydrogens is 260 g/mol. The molecule has 1 aromatic rings. The molecule has 1 spiro atoms. The SMILES string of the molecule is Cc1ccc(C(=O)N2CCC3(CCNCC3)CC2)cc1C. The first-order valence-electron chi connectivity index (χ1n) is 8.17. The lowest BCUT2D eigenvalue weighted by molar-refractivity contribution is 0.0495. The molecule has 3 rings (SSSR count). The molecule has 1 amide bonds. The van der Waals surface area contributed by atoms with Crippen LogP contribution in [0.3, 0.4) is 0 Å². The van der Waals surface area contributed by atoms with Gasteiger partial charge in [0.05, 0.1) is 0 Å². The first kappa shape index (κ1) is 14.6. The van der Waals surface area contributed by atoms with Gasteiger partial charge in [-0.3, -0.25) is 4.79 Å². The second-order valence-electron chi connectivity index (χ2n) is 6.84. The molecule has 21 heavy (non-hydrogen) atoms. The molecule has 0 saturated carbocycles. The summed E-state index contributed by atoms with van der Waals surface area (Å²) < 4.78 is 0. The van der Waals surface area contributed by atoms with Crippen LogP contribution in [-0.2, 0) is 0 Å². The lowest BCUT2D eigenvalue weighted by atomic mass is 9.71. The number of rotatable bonds is 1. The summed E-state index contributed by atoms with van der Waals surface area (Å²) in [6, 6.07) is 6.06. The Kier molecular flexibility index (Phi) is 4.03. The Hall–Kier alpha value is -1.35. The van der Waals surface area contributed by atoms with E-state index in [4.69, 9.17) is 0 Å². The smallest absolute Gasteiger partial charge is 0.253 e. The van der Waals surface area contributed by atoms with E-state index in [-0.39, 0.29) is 5.91 Å². The molecule has 0 bridgehead atoms. The second-order valence-corrected chi connectivity index (χ2v) is 6.84. The molecule has 1 N–H and O–H groups in total. The first-order chi connectivity index (χ1) is 10.1. The number of hydrogen-bond acceptors (Lipinski definition) is 2. The number of carbonyl (C=O) groups is 1. The van der Waals surface area contributed by atoms with Gasteiger partial charge in [0.2, 0.25) is 0 Å². The van der Waals surface area contributed by atoms with E-state index in [1.165, 1.54) is 36.8 Å². The highest BCUT2D eigenvalue weighted by Crippen LogP contribution is 2.39. The predicted octanol–water partition coefficient (Wildman–Crippen LogP) is 2.91. The Labute approximate surface area is 127 Å². The van der Waals surface area contributed by atoms with Gasteiger partial charge in [0.1, 0.15) is 0 Å². The van der Waals surface area contributed by atoms with Crippen molar-refractivity contribution in [1.82, 2.24) is 10.2 Å². The van der Waals surface area contributed by atoms with Gasteiger partial charge in [-0.05, 0) is 81.3 Å². The zero-order chi connectivity index (χ0) is 14.9. The van der Waals surface area contributed by atoms with Gasteiger partial charge in [0.25, 0.3) is 5.91 Å². The summed E-state index contributed by atoms with van der Waals surface area (Å²) in [4.78, 5) is 14.7. The maximum atomic E-state index is 12.6. The van der Waals surface area contributed by atoms with Crippen molar-refractivity contribution in [2.24, 2.45) is 5.41 Å². The van der Waals surface area contributed by atoms with Crippen molar-refractivity contribution < 1.29 is 4.79 Å². The molecule has 3 heteroatoms. The van der Waals surface area contributed by atoms with E-state index in [1.54, 1.807) is 0 Å². The van der Waals surface area contributed by atoms with Crippen LogP contribution in [0.2, 0.25) is 0 Å². The van der Waals surface area contributed by atoms with Crippen LogP contribution >= 0.6 is 0 Å². The average Bonchev–Trinajstić information content (AvgIpc) is 2.51. The fourth-order valence-corrected chi connectivity index (χ4v) is 3.70. The van der Waals surface area contributed by atoms with Crippen molar-refractivity contribution in [2.45, 2.75) is 39.5 Å². The van der Waals surface area contributed by atoms with Crippen molar-refractivity contribution in [1.29, 1.82) is 0 Å².